The van der Waals surface area contributed by atoms with E-state index in [0.717, 1.165) is 23.3 Å². The molecule has 1 heterocycles. The molecule has 0 bridgehead atoms. The zero-order valence-corrected chi connectivity index (χ0v) is 16.5. The second kappa shape index (κ2) is 8.71. The molecule has 1 aliphatic heterocycles. The Hall–Kier alpha value is -3.48. The van der Waals surface area contributed by atoms with E-state index in [1.807, 2.05) is 36.4 Å². The topological polar surface area (TPSA) is 47.6 Å². The first kappa shape index (κ1) is 20.8. The number of hydrogen-bond acceptors (Lipinski definition) is 3. The Balaban J connectivity index is 1.39. The molecule has 1 atom stereocenters. The van der Waals surface area contributed by atoms with Gasteiger partial charge in [-0.1, -0.05) is 60.7 Å². The maximum Gasteiger partial charge on any atom is 0.416 e. The second-order valence-corrected chi connectivity index (χ2v) is 7.26. The number of alkyl carbamates (subject to hydrolysis) is 1. The average Bonchev–Trinajstić information content (AvgIpc) is 3.20. The van der Waals surface area contributed by atoms with Gasteiger partial charge in [0.1, 0.15) is 18.5 Å². The van der Waals surface area contributed by atoms with E-state index in [0.29, 0.717) is 23.3 Å². The zero-order valence-electron chi connectivity index (χ0n) is 16.5. The highest BCUT2D eigenvalue weighted by molar-refractivity contribution is 5.74. The Morgan fingerprint density at radius 1 is 1.03 bits per heavy atom. The number of carbonyl (C=O) groups excluding carboxylic acids is 1. The lowest BCUT2D eigenvalue weighted by Crippen LogP contribution is -2.34. The highest BCUT2D eigenvalue weighted by atomic mass is 19.4. The molecule has 1 amide bonds. The van der Waals surface area contributed by atoms with Crippen LogP contribution in [0.2, 0.25) is 0 Å². The van der Waals surface area contributed by atoms with E-state index in [4.69, 9.17) is 9.47 Å². The molecule has 0 aromatic heterocycles. The number of benzene rings is 3. The van der Waals surface area contributed by atoms with Gasteiger partial charge in [0.25, 0.3) is 0 Å². The van der Waals surface area contributed by atoms with Crippen LogP contribution in [-0.4, -0.2) is 18.7 Å². The van der Waals surface area contributed by atoms with Crippen molar-refractivity contribution in [1.29, 1.82) is 0 Å². The number of carbonyl (C=O) groups is 1. The predicted octanol–water partition coefficient (Wildman–Crippen LogP) is 5.60. The Morgan fingerprint density at radius 2 is 1.81 bits per heavy atom. The van der Waals surface area contributed by atoms with Gasteiger partial charge >= 0.3 is 12.3 Å². The lowest BCUT2D eigenvalue weighted by molar-refractivity contribution is -0.137. The minimum atomic E-state index is -4.42. The van der Waals surface area contributed by atoms with Crippen LogP contribution in [0.1, 0.15) is 16.7 Å². The van der Waals surface area contributed by atoms with Crippen LogP contribution in [0.3, 0.4) is 0 Å². The summed E-state index contributed by atoms with van der Waals surface area (Å²) in [4.78, 5) is 12.0. The van der Waals surface area contributed by atoms with E-state index in [1.54, 1.807) is 18.2 Å². The summed E-state index contributed by atoms with van der Waals surface area (Å²) in [6.07, 6.45) is -4.75. The second-order valence-electron chi connectivity index (χ2n) is 7.26. The monoisotopic (exact) mass is 427 g/mol. The molecule has 31 heavy (non-hydrogen) atoms. The van der Waals surface area contributed by atoms with Crippen LogP contribution in [-0.2, 0) is 23.9 Å². The molecule has 1 unspecified atom stereocenters. The Labute approximate surface area is 177 Å². The number of rotatable bonds is 5. The van der Waals surface area contributed by atoms with E-state index in [-0.39, 0.29) is 19.3 Å². The van der Waals surface area contributed by atoms with Crippen LogP contribution in [0.4, 0.5) is 18.0 Å². The Morgan fingerprint density at radius 3 is 2.58 bits per heavy atom. The lowest BCUT2D eigenvalue weighted by atomic mass is 9.99. The molecule has 0 saturated carbocycles. The fourth-order valence-electron chi connectivity index (χ4n) is 3.51. The maximum absolute atomic E-state index is 13.1. The number of nitrogens with one attached hydrogen (secondary N) is 1. The highest BCUT2D eigenvalue weighted by Crippen LogP contribution is 2.40. The van der Waals surface area contributed by atoms with Crippen molar-refractivity contribution in [1.82, 2.24) is 5.32 Å². The van der Waals surface area contributed by atoms with Crippen LogP contribution in [0.15, 0.2) is 72.8 Å². The zero-order chi connectivity index (χ0) is 21.8. The summed E-state index contributed by atoms with van der Waals surface area (Å²) in [6, 6.07) is 19.9. The van der Waals surface area contributed by atoms with Gasteiger partial charge in [-0.2, -0.15) is 13.2 Å². The molecule has 4 nitrogen and oxygen atoms in total. The minimum absolute atomic E-state index is 0.165. The van der Waals surface area contributed by atoms with E-state index in [2.05, 4.69) is 5.32 Å². The van der Waals surface area contributed by atoms with Gasteiger partial charge in [0.2, 0.25) is 0 Å². The van der Waals surface area contributed by atoms with E-state index in [9.17, 15) is 18.0 Å². The third kappa shape index (κ3) is 4.99. The summed E-state index contributed by atoms with van der Waals surface area (Å²) in [7, 11) is 0. The van der Waals surface area contributed by atoms with E-state index in [1.165, 1.54) is 6.07 Å². The van der Waals surface area contributed by atoms with Crippen LogP contribution in [0, 0.1) is 0 Å². The third-order valence-corrected chi connectivity index (χ3v) is 5.02. The van der Waals surface area contributed by atoms with Gasteiger partial charge in [-0.15, -0.1) is 0 Å². The summed E-state index contributed by atoms with van der Waals surface area (Å²) < 4.78 is 50.4. The number of ether oxygens (including phenoxy) is 2. The standard InChI is InChI=1S/C24H20F3NO3/c25-24(26,27)19-10-4-8-17(12-19)21-11-5-9-18-13-20(31-22(18)21)14-28-23(29)30-15-16-6-2-1-3-7-16/h1-12,20H,13-15H2,(H,28,29). The van der Waals surface area contributed by atoms with Crippen LogP contribution >= 0.6 is 0 Å². The molecule has 3 aromatic carbocycles. The quantitative estimate of drug-likeness (QED) is 0.576. The Bertz CT molecular complexity index is 1070. The molecule has 0 spiro atoms. The van der Waals surface area contributed by atoms with Gasteiger partial charge in [-0.3, -0.25) is 0 Å². The molecule has 0 aliphatic carbocycles. The highest BCUT2D eigenvalue weighted by Gasteiger charge is 2.31. The van der Waals surface area contributed by atoms with Gasteiger partial charge in [-0.25, -0.2) is 4.79 Å². The van der Waals surface area contributed by atoms with Crippen molar-refractivity contribution in [3.05, 3.63) is 89.5 Å². The molecule has 0 saturated heterocycles. The average molecular weight is 427 g/mol. The molecule has 1 aliphatic rings. The van der Waals surface area contributed by atoms with Crippen molar-refractivity contribution >= 4 is 6.09 Å². The number of hydrogen-bond donors (Lipinski definition) is 1. The van der Waals surface area contributed by atoms with Gasteiger partial charge in [0.05, 0.1) is 12.1 Å². The fraction of sp³-hybridized carbons (Fsp3) is 0.208. The number of fused-ring (bicyclic) bond motifs is 1. The van der Waals surface area contributed by atoms with Gasteiger partial charge in [0, 0.05) is 12.0 Å². The summed E-state index contributed by atoms with van der Waals surface area (Å²) in [6.45, 7) is 0.391. The first-order valence-corrected chi connectivity index (χ1v) is 9.81. The Kier molecular flexibility index (Phi) is 5.84. The third-order valence-electron chi connectivity index (χ3n) is 5.02. The molecule has 160 valence electrons. The van der Waals surface area contributed by atoms with Crippen LogP contribution in [0.5, 0.6) is 5.75 Å². The van der Waals surface area contributed by atoms with Crippen molar-refractivity contribution in [2.75, 3.05) is 6.54 Å². The predicted molar refractivity (Wildman–Crippen MR) is 110 cm³/mol. The number of alkyl halides is 3. The molecule has 0 radical (unpaired) electrons. The van der Waals surface area contributed by atoms with Crippen molar-refractivity contribution in [3.63, 3.8) is 0 Å². The summed E-state index contributed by atoms with van der Waals surface area (Å²) in [5.74, 6) is 0.547. The molecule has 1 N–H and O–H groups in total. The van der Waals surface area contributed by atoms with Crippen LogP contribution < -0.4 is 10.1 Å². The van der Waals surface area contributed by atoms with Gasteiger partial charge in [-0.05, 0) is 28.8 Å². The number of para-hydroxylation sites is 1. The first-order valence-electron chi connectivity index (χ1n) is 9.81. The molecule has 3 aromatic rings. The number of halogens is 3. The van der Waals surface area contributed by atoms with Crippen LogP contribution in [0.25, 0.3) is 11.1 Å². The molecule has 0 fully saturated rings. The van der Waals surface area contributed by atoms with Crippen molar-refractivity contribution in [3.8, 4) is 16.9 Å². The normalized spacial score (nSPS) is 15.1. The molecule has 7 heteroatoms. The fourth-order valence-corrected chi connectivity index (χ4v) is 3.51. The van der Waals surface area contributed by atoms with Crippen molar-refractivity contribution in [2.45, 2.75) is 25.3 Å². The SMILES string of the molecule is O=C(NCC1Cc2cccc(-c3cccc(C(F)(F)F)c3)c2O1)OCc1ccccc1. The van der Waals surface area contributed by atoms with Gasteiger partial charge < -0.3 is 14.8 Å². The smallest absolute Gasteiger partial charge is 0.416 e. The van der Waals surface area contributed by atoms with Crippen molar-refractivity contribution in [2.24, 2.45) is 0 Å². The van der Waals surface area contributed by atoms with E-state index >= 15 is 0 Å². The summed E-state index contributed by atoms with van der Waals surface area (Å²) in [5.41, 5.74) is 2.09. The molecular formula is C24H20F3NO3. The number of amides is 1. The van der Waals surface area contributed by atoms with Gasteiger partial charge in [0.15, 0.2) is 0 Å². The first-order chi connectivity index (χ1) is 14.9. The minimum Gasteiger partial charge on any atom is -0.487 e. The van der Waals surface area contributed by atoms with E-state index < -0.39 is 17.8 Å². The largest absolute Gasteiger partial charge is 0.487 e. The summed E-state index contributed by atoms with van der Waals surface area (Å²) >= 11 is 0. The van der Waals surface area contributed by atoms with Crippen molar-refractivity contribution < 1.29 is 27.4 Å². The lowest BCUT2D eigenvalue weighted by Gasteiger charge is -2.14. The maximum atomic E-state index is 13.1. The molecule has 4 rings (SSSR count). The summed E-state index contributed by atoms with van der Waals surface area (Å²) in [5, 5.41) is 2.68. The molecular weight excluding hydrogens is 407 g/mol.